The lowest BCUT2D eigenvalue weighted by Gasteiger charge is -2.35. The molecule has 1 saturated heterocycles. The average Bonchev–Trinajstić information content (AvgIpc) is 2.88. The molecule has 3 aromatic carbocycles. The largest absolute Gasteiger partial charge is 0.483 e. The molecule has 0 spiro atoms. The summed E-state index contributed by atoms with van der Waals surface area (Å²) in [5.41, 5.74) is 1.77. The second-order valence-corrected chi connectivity index (χ2v) is 8.52. The van der Waals surface area contributed by atoms with Crippen LogP contribution in [0.15, 0.2) is 72.8 Å². The van der Waals surface area contributed by atoms with Crippen LogP contribution in [0.1, 0.15) is 12.5 Å². The zero-order chi connectivity index (χ0) is 23.5. The van der Waals surface area contributed by atoms with Crippen LogP contribution in [0.2, 0.25) is 0 Å². The summed E-state index contributed by atoms with van der Waals surface area (Å²) in [6.07, 6.45) is 0. The standard InChI is InChI=1S/C28H27F2N3O/c1-2-32-12-14-33(15-13-32)28-23-11-7-6-10-21(23)18-26(31-28)22-16-24(29)27(25(30)17-22)34-19-20-8-4-3-5-9-20/h3-11,16-18H,2,12-15,19H2,1H3. The van der Waals surface area contributed by atoms with Gasteiger partial charge in [-0.3, -0.25) is 0 Å². The van der Waals surface area contributed by atoms with E-state index in [0.717, 1.165) is 54.9 Å². The van der Waals surface area contributed by atoms with Crippen molar-refractivity contribution in [3.63, 3.8) is 0 Å². The number of nitrogens with zero attached hydrogens (tertiary/aromatic N) is 3. The third-order valence-corrected chi connectivity index (χ3v) is 6.36. The van der Waals surface area contributed by atoms with Crippen molar-refractivity contribution in [3.8, 4) is 17.0 Å². The molecule has 0 saturated carbocycles. The molecule has 0 bridgehead atoms. The molecule has 34 heavy (non-hydrogen) atoms. The van der Waals surface area contributed by atoms with Crippen LogP contribution in [0.25, 0.3) is 22.0 Å². The Hall–Kier alpha value is -3.51. The van der Waals surface area contributed by atoms with Gasteiger partial charge in [-0.15, -0.1) is 0 Å². The van der Waals surface area contributed by atoms with E-state index < -0.39 is 11.6 Å². The van der Waals surface area contributed by atoms with Gasteiger partial charge in [-0.25, -0.2) is 13.8 Å². The molecule has 4 nitrogen and oxygen atoms in total. The van der Waals surface area contributed by atoms with Gasteiger partial charge in [-0.05, 0) is 35.7 Å². The predicted molar refractivity (Wildman–Crippen MR) is 132 cm³/mol. The Bertz CT molecular complexity index is 1260. The van der Waals surface area contributed by atoms with Crippen LogP contribution in [-0.4, -0.2) is 42.6 Å². The first-order chi connectivity index (χ1) is 16.6. The van der Waals surface area contributed by atoms with Crippen molar-refractivity contribution < 1.29 is 13.5 Å². The Labute approximate surface area is 198 Å². The lowest BCUT2D eigenvalue weighted by Crippen LogP contribution is -2.46. The summed E-state index contributed by atoms with van der Waals surface area (Å²) >= 11 is 0. The summed E-state index contributed by atoms with van der Waals surface area (Å²) in [4.78, 5) is 9.55. The van der Waals surface area contributed by atoms with Crippen LogP contribution in [-0.2, 0) is 6.61 Å². The monoisotopic (exact) mass is 459 g/mol. The number of anilines is 1. The molecule has 0 unspecified atom stereocenters. The number of ether oxygens (including phenoxy) is 1. The Morgan fingerprint density at radius 2 is 1.53 bits per heavy atom. The van der Waals surface area contributed by atoms with Crippen LogP contribution < -0.4 is 9.64 Å². The molecule has 0 amide bonds. The van der Waals surface area contributed by atoms with Crippen LogP contribution >= 0.6 is 0 Å². The van der Waals surface area contributed by atoms with E-state index in [0.29, 0.717) is 11.3 Å². The minimum Gasteiger partial charge on any atom is -0.483 e. The third kappa shape index (κ3) is 4.59. The Kier molecular flexibility index (Phi) is 6.41. The quantitative estimate of drug-likeness (QED) is 0.359. The van der Waals surface area contributed by atoms with Gasteiger partial charge in [0.2, 0.25) is 0 Å². The fourth-order valence-corrected chi connectivity index (χ4v) is 4.42. The first-order valence-corrected chi connectivity index (χ1v) is 11.7. The lowest BCUT2D eigenvalue weighted by atomic mass is 10.1. The van der Waals surface area contributed by atoms with Gasteiger partial charge in [0, 0.05) is 37.1 Å². The number of aromatic nitrogens is 1. The number of likely N-dealkylation sites (N-methyl/N-ethyl adjacent to an activating group) is 1. The molecule has 174 valence electrons. The lowest BCUT2D eigenvalue weighted by molar-refractivity contribution is 0.271. The molecule has 0 N–H and O–H groups in total. The van der Waals surface area contributed by atoms with Crippen molar-refractivity contribution in [2.75, 3.05) is 37.6 Å². The highest BCUT2D eigenvalue weighted by molar-refractivity contribution is 5.95. The molecule has 0 aliphatic carbocycles. The maximum absolute atomic E-state index is 14.9. The molecule has 1 aromatic heterocycles. The van der Waals surface area contributed by atoms with Crippen molar-refractivity contribution in [2.45, 2.75) is 13.5 Å². The highest BCUT2D eigenvalue weighted by atomic mass is 19.1. The number of halogens is 2. The molecule has 1 aliphatic rings. The van der Waals surface area contributed by atoms with Gasteiger partial charge in [0.1, 0.15) is 12.4 Å². The zero-order valence-electron chi connectivity index (χ0n) is 19.2. The second-order valence-electron chi connectivity index (χ2n) is 8.52. The van der Waals surface area contributed by atoms with E-state index in [1.54, 1.807) is 0 Å². The summed E-state index contributed by atoms with van der Waals surface area (Å²) in [6.45, 7) is 6.95. The molecule has 5 rings (SSSR count). The van der Waals surface area contributed by atoms with Crippen molar-refractivity contribution in [2.24, 2.45) is 0 Å². The minimum atomic E-state index is -0.737. The molecule has 1 fully saturated rings. The third-order valence-electron chi connectivity index (χ3n) is 6.36. The zero-order valence-corrected chi connectivity index (χ0v) is 19.2. The van der Waals surface area contributed by atoms with Crippen molar-refractivity contribution >= 4 is 16.6 Å². The van der Waals surface area contributed by atoms with Gasteiger partial charge in [0.15, 0.2) is 17.4 Å². The fraction of sp³-hybridized carbons (Fsp3) is 0.250. The molecule has 1 aliphatic heterocycles. The van der Waals surface area contributed by atoms with Gasteiger partial charge >= 0.3 is 0 Å². The number of fused-ring (bicyclic) bond motifs is 1. The first-order valence-electron chi connectivity index (χ1n) is 11.7. The highest BCUT2D eigenvalue weighted by Gasteiger charge is 2.21. The molecule has 0 atom stereocenters. The summed E-state index contributed by atoms with van der Waals surface area (Å²) in [7, 11) is 0. The molecule has 6 heteroatoms. The first kappa shape index (κ1) is 22.3. The van der Waals surface area contributed by atoms with Crippen LogP contribution in [0.5, 0.6) is 5.75 Å². The SMILES string of the molecule is CCN1CCN(c2nc(-c3cc(F)c(OCc4ccccc4)c(F)c3)cc3ccccc23)CC1. The number of hydrogen-bond donors (Lipinski definition) is 0. The van der Waals surface area contributed by atoms with E-state index in [2.05, 4.69) is 22.8 Å². The van der Waals surface area contributed by atoms with Crippen molar-refractivity contribution in [1.29, 1.82) is 0 Å². The van der Waals surface area contributed by atoms with Gasteiger partial charge in [-0.1, -0.05) is 61.5 Å². The van der Waals surface area contributed by atoms with Crippen LogP contribution in [0.4, 0.5) is 14.6 Å². The number of piperazine rings is 1. The van der Waals surface area contributed by atoms with E-state index in [1.807, 2.05) is 54.6 Å². The van der Waals surface area contributed by atoms with E-state index >= 15 is 0 Å². The fourth-order valence-electron chi connectivity index (χ4n) is 4.42. The molecular weight excluding hydrogens is 432 g/mol. The molecule has 4 aromatic rings. The van der Waals surface area contributed by atoms with Crippen LogP contribution in [0, 0.1) is 11.6 Å². The van der Waals surface area contributed by atoms with E-state index in [4.69, 9.17) is 9.72 Å². The summed E-state index contributed by atoms with van der Waals surface area (Å²) in [5.74, 6) is -0.989. The maximum Gasteiger partial charge on any atom is 0.191 e. The van der Waals surface area contributed by atoms with Crippen LogP contribution in [0.3, 0.4) is 0 Å². The molecule has 0 radical (unpaired) electrons. The van der Waals surface area contributed by atoms with E-state index in [1.165, 1.54) is 12.1 Å². The number of benzene rings is 3. The molecule has 2 heterocycles. The normalized spacial score (nSPS) is 14.5. The average molecular weight is 460 g/mol. The van der Waals surface area contributed by atoms with Gasteiger partial charge in [-0.2, -0.15) is 0 Å². The summed E-state index contributed by atoms with van der Waals surface area (Å²) < 4.78 is 35.4. The molecular formula is C28H27F2N3O. The topological polar surface area (TPSA) is 28.6 Å². The number of rotatable bonds is 6. The minimum absolute atomic E-state index is 0.0934. The Balaban J connectivity index is 1.48. The Morgan fingerprint density at radius 1 is 0.853 bits per heavy atom. The number of hydrogen-bond acceptors (Lipinski definition) is 4. The number of pyridine rings is 1. The smallest absolute Gasteiger partial charge is 0.191 e. The highest BCUT2D eigenvalue weighted by Crippen LogP contribution is 2.33. The van der Waals surface area contributed by atoms with Gasteiger partial charge < -0.3 is 14.5 Å². The van der Waals surface area contributed by atoms with E-state index in [-0.39, 0.29) is 12.4 Å². The Morgan fingerprint density at radius 3 is 2.24 bits per heavy atom. The van der Waals surface area contributed by atoms with Gasteiger partial charge in [0.25, 0.3) is 0 Å². The van der Waals surface area contributed by atoms with E-state index in [9.17, 15) is 8.78 Å². The second kappa shape index (κ2) is 9.77. The van der Waals surface area contributed by atoms with Crippen molar-refractivity contribution in [1.82, 2.24) is 9.88 Å². The summed E-state index contributed by atoms with van der Waals surface area (Å²) in [5, 5.41) is 2.03. The van der Waals surface area contributed by atoms with Gasteiger partial charge in [0.05, 0.1) is 5.69 Å². The predicted octanol–water partition coefficient (Wildman–Crippen LogP) is 5.90. The maximum atomic E-state index is 14.9. The summed E-state index contributed by atoms with van der Waals surface area (Å²) in [6, 6.07) is 21.8. The van der Waals surface area contributed by atoms with Crippen molar-refractivity contribution in [3.05, 3.63) is 90.0 Å².